The molecule has 3 heterocycles. The summed E-state index contributed by atoms with van der Waals surface area (Å²) in [5.41, 5.74) is 1.10. The summed E-state index contributed by atoms with van der Waals surface area (Å²) in [5.74, 6) is 1.16. The maximum absolute atomic E-state index is 12.2. The van der Waals surface area contributed by atoms with Gasteiger partial charge in [0, 0.05) is 43.5 Å². The molecular weight excluding hydrogens is 300 g/mol. The second-order valence-electron chi connectivity index (χ2n) is 7.45. The molecule has 0 unspecified atom stereocenters. The monoisotopic (exact) mass is 330 g/mol. The lowest BCUT2D eigenvalue weighted by Gasteiger charge is -2.39. The highest BCUT2D eigenvalue weighted by Gasteiger charge is 2.32. The summed E-state index contributed by atoms with van der Waals surface area (Å²) in [5, 5.41) is 3.09. The van der Waals surface area contributed by atoms with E-state index in [0.717, 1.165) is 37.7 Å². The van der Waals surface area contributed by atoms with Gasteiger partial charge < -0.3 is 15.1 Å². The highest BCUT2D eigenvalue weighted by molar-refractivity contribution is 5.75. The molecule has 24 heavy (non-hydrogen) atoms. The van der Waals surface area contributed by atoms with Gasteiger partial charge in [-0.1, -0.05) is 6.07 Å². The minimum atomic E-state index is 0.0850. The Morgan fingerprint density at radius 1 is 1.29 bits per heavy atom. The summed E-state index contributed by atoms with van der Waals surface area (Å²) < 4.78 is 0. The number of amides is 2. The average Bonchev–Trinajstić information content (AvgIpc) is 2.55. The largest absolute Gasteiger partial charge is 0.338 e. The number of hydrogen-bond acceptors (Lipinski definition) is 3. The highest BCUT2D eigenvalue weighted by atomic mass is 16.2. The molecular formula is C19H30N4O. The predicted molar refractivity (Wildman–Crippen MR) is 96.0 cm³/mol. The lowest BCUT2D eigenvalue weighted by Crippen LogP contribution is -2.53. The van der Waals surface area contributed by atoms with Gasteiger partial charge in [-0.05, 0) is 64.3 Å². The van der Waals surface area contributed by atoms with E-state index < -0.39 is 0 Å². The number of carbonyl (C=O) groups is 1. The normalized spacial score (nSPS) is 20.2. The smallest absolute Gasteiger partial charge is 0.317 e. The molecule has 0 aliphatic carbocycles. The van der Waals surface area contributed by atoms with Crippen LogP contribution in [-0.4, -0.2) is 59.6 Å². The molecule has 1 aromatic rings. The standard InChI is InChI=1S/C19H30N4O/c1-15(2)22-11-7-16(8-12-22)6-10-21-19(24)23-13-17(14-23)18-5-3-4-9-20-18/h3-5,9,15-17H,6-8,10-14H2,1-2H3,(H,21,24). The number of hydrogen-bond donors (Lipinski definition) is 1. The van der Waals surface area contributed by atoms with E-state index in [2.05, 4.69) is 29.0 Å². The van der Waals surface area contributed by atoms with Crippen LogP contribution in [0.5, 0.6) is 0 Å². The van der Waals surface area contributed by atoms with Crippen molar-refractivity contribution in [2.75, 3.05) is 32.7 Å². The first-order valence-electron chi connectivity index (χ1n) is 9.31. The second-order valence-corrected chi connectivity index (χ2v) is 7.45. The number of rotatable bonds is 5. The molecule has 0 bridgehead atoms. The van der Waals surface area contributed by atoms with E-state index in [1.165, 1.54) is 25.9 Å². The number of likely N-dealkylation sites (tertiary alicyclic amines) is 2. The Morgan fingerprint density at radius 3 is 2.67 bits per heavy atom. The van der Waals surface area contributed by atoms with Gasteiger partial charge >= 0.3 is 6.03 Å². The summed E-state index contributed by atoms with van der Waals surface area (Å²) in [6.45, 7) is 9.32. The number of carbonyl (C=O) groups excluding carboxylic acids is 1. The first-order chi connectivity index (χ1) is 11.6. The highest BCUT2D eigenvalue weighted by Crippen LogP contribution is 2.25. The zero-order valence-corrected chi connectivity index (χ0v) is 14.9. The van der Waals surface area contributed by atoms with Crippen LogP contribution in [0.3, 0.4) is 0 Å². The van der Waals surface area contributed by atoms with Crippen molar-refractivity contribution >= 4 is 6.03 Å². The van der Waals surface area contributed by atoms with Gasteiger partial charge in [-0.25, -0.2) is 4.79 Å². The maximum Gasteiger partial charge on any atom is 0.317 e. The minimum absolute atomic E-state index is 0.0850. The quantitative estimate of drug-likeness (QED) is 0.903. The van der Waals surface area contributed by atoms with E-state index in [9.17, 15) is 4.79 Å². The Hall–Kier alpha value is -1.62. The van der Waals surface area contributed by atoms with Crippen LogP contribution in [0.1, 0.15) is 44.7 Å². The van der Waals surface area contributed by atoms with Gasteiger partial charge in [-0.15, -0.1) is 0 Å². The third-order valence-electron chi connectivity index (χ3n) is 5.48. The Kier molecular flexibility index (Phi) is 5.72. The van der Waals surface area contributed by atoms with Gasteiger partial charge in [0.2, 0.25) is 0 Å². The average molecular weight is 330 g/mol. The summed E-state index contributed by atoms with van der Waals surface area (Å²) in [7, 11) is 0. The molecule has 2 saturated heterocycles. The van der Waals surface area contributed by atoms with Crippen molar-refractivity contribution in [3.8, 4) is 0 Å². The van der Waals surface area contributed by atoms with Crippen LogP contribution in [0.15, 0.2) is 24.4 Å². The molecule has 2 aliphatic rings. The molecule has 0 saturated carbocycles. The molecule has 5 nitrogen and oxygen atoms in total. The molecule has 1 aromatic heterocycles. The summed E-state index contributed by atoms with van der Waals surface area (Å²) in [6.07, 6.45) is 5.46. The zero-order chi connectivity index (χ0) is 16.9. The van der Waals surface area contributed by atoms with E-state index in [0.29, 0.717) is 12.0 Å². The van der Waals surface area contributed by atoms with Crippen molar-refractivity contribution < 1.29 is 4.79 Å². The second kappa shape index (κ2) is 7.97. The lowest BCUT2D eigenvalue weighted by atomic mass is 9.93. The molecule has 1 N–H and O–H groups in total. The van der Waals surface area contributed by atoms with Crippen LogP contribution < -0.4 is 5.32 Å². The van der Waals surface area contributed by atoms with Gasteiger partial charge in [0.1, 0.15) is 0 Å². The van der Waals surface area contributed by atoms with Crippen LogP contribution in [0.25, 0.3) is 0 Å². The van der Waals surface area contributed by atoms with Crippen LogP contribution in [0, 0.1) is 5.92 Å². The fraction of sp³-hybridized carbons (Fsp3) is 0.684. The summed E-state index contributed by atoms with van der Waals surface area (Å²) >= 11 is 0. The number of nitrogens with one attached hydrogen (secondary N) is 1. The van der Waals surface area contributed by atoms with Crippen molar-refractivity contribution in [1.82, 2.24) is 20.1 Å². The molecule has 2 fully saturated rings. The van der Waals surface area contributed by atoms with Crippen LogP contribution in [-0.2, 0) is 0 Å². The first kappa shape index (κ1) is 17.2. The van der Waals surface area contributed by atoms with E-state index in [1.54, 1.807) is 0 Å². The number of piperidine rings is 1. The molecule has 5 heteroatoms. The SMILES string of the molecule is CC(C)N1CCC(CCNC(=O)N2CC(c3ccccn3)C2)CC1. The van der Waals surface area contributed by atoms with Crippen LogP contribution in [0.4, 0.5) is 4.79 Å². The molecule has 2 aliphatic heterocycles. The molecule has 0 spiro atoms. The Bertz CT molecular complexity index is 519. The summed E-state index contributed by atoms with van der Waals surface area (Å²) in [4.78, 5) is 21.0. The topological polar surface area (TPSA) is 48.5 Å². The Balaban J connectivity index is 1.30. The van der Waals surface area contributed by atoms with E-state index in [4.69, 9.17) is 0 Å². The third kappa shape index (κ3) is 4.26. The van der Waals surface area contributed by atoms with Crippen LogP contribution >= 0.6 is 0 Å². The van der Waals surface area contributed by atoms with Crippen molar-refractivity contribution in [1.29, 1.82) is 0 Å². The van der Waals surface area contributed by atoms with Gasteiger partial charge in [-0.3, -0.25) is 4.98 Å². The Labute approximate surface area is 145 Å². The predicted octanol–water partition coefficient (Wildman–Crippen LogP) is 2.70. The zero-order valence-electron chi connectivity index (χ0n) is 14.9. The minimum Gasteiger partial charge on any atom is -0.338 e. The third-order valence-corrected chi connectivity index (χ3v) is 5.48. The van der Waals surface area contributed by atoms with E-state index >= 15 is 0 Å². The van der Waals surface area contributed by atoms with Gasteiger partial charge in [-0.2, -0.15) is 0 Å². The molecule has 0 atom stereocenters. The fourth-order valence-corrected chi connectivity index (χ4v) is 3.70. The van der Waals surface area contributed by atoms with Gasteiger partial charge in [0.25, 0.3) is 0 Å². The molecule has 3 rings (SSSR count). The number of nitrogens with zero attached hydrogens (tertiary/aromatic N) is 3. The fourth-order valence-electron chi connectivity index (χ4n) is 3.70. The van der Waals surface area contributed by atoms with Gasteiger partial charge in [0.05, 0.1) is 0 Å². The van der Waals surface area contributed by atoms with Crippen molar-refractivity contribution in [3.63, 3.8) is 0 Å². The van der Waals surface area contributed by atoms with Crippen molar-refractivity contribution in [3.05, 3.63) is 30.1 Å². The molecule has 2 amide bonds. The van der Waals surface area contributed by atoms with E-state index in [1.807, 2.05) is 29.3 Å². The summed E-state index contributed by atoms with van der Waals surface area (Å²) in [6, 6.07) is 6.73. The van der Waals surface area contributed by atoms with Crippen molar-refractivity contribution in [2.24, 2.45) is 5.92 Å². The van der Waals surface area contributed by atoms with Gasteiger partial charge in [0.15, 0.2) is 0 Å². The first-order valence-corrected chi connectivity index (χ1v) is 9.31. The maximum atomic E-state index is 12.2. The number of aromatic nitrogens is 1. The molecule has 0 aromatic carbocycles. The molecule has 0 radical (unpaired) electrons. The molecule has 132 valence electrons. The number of urea groups is 1. The number of pyridine rings is 1. The Morgan fingerprint density at radius 2 is 2.04 bits per heavy atom. The van der Waals surface area contributed by atoms with Crippen molar-refractivity contribution in [2.45, 2.75) is 45.1 Å². The lowest BCUT2D eigenvalue weighted by molar-refractivity contribution is 0.139. The van der Waals surface area contributed by atoms with E-state index in [-0.39, 0.29) is 6.03 Å². The van der Waals surface area contributed by atoms with Crippen LogP contribution in [0.2, 0.25) is 0 Å².